The number of rotatable bonds is 4. The predicted molar refractivity (Wildman–Crippen MR) is 88.0 cm³/mol. The third kappa shape index (κ3) is 3.44. The summed E-state index contributed by atoms with van der Waals surface area (Å²) < 4.78 is 126. The topological polar surface area (TPSA) is 99.1 Å². The molecule has 5 aliphatic rings. The van der Waals surface area contributed by atoms with Gasteiger partial charge in [-0.1, -0.05) is 0 Å². The lowest BCUT2D eigenvalue weighted by Crippen LogP contribution is -2.66. The fourth-order valence-electron chi connectivity index (χ4n) is 5.96. The van der Waals surface area contributed by atoms with Crippen LogP contribution in [0, 0.1) is 23.2 Å². The molecule has 0 aromatic rings. The van der Waals surface area contributed by atoms with Gasteiger partial charge in [0, 0.05) is 11.8 Å². The Morgan fingerprint density at radius 3 is 2.03 bits per heavy atom. The predicted octanol–water partition coefficient (Wildman–Crippen LogP) is 2.85. The molecule has 0 aromatic heterocycles. The van der Waals surface area contributed by atoms with Gasteiger partial charge in [-0.05, 0) is 38.0 Å². The number of hydrogen-bond donors (Lipinski definition) is 1. The van der Waals surface area contributed by atoms with Crippen LogP contribution in [0.1, 0.15) is 32.1 Å². The van der Waals surface area contributed by atoms with E-state index in [1.807, 2.05) is 0 Å². The van der Waals surface area contributed by atoms with E-state index in [2.05, 4.69) is 0 Å². The molecular formula is C17H20F6O7S. The van der Waals surface area contributed by atoms with Gasteiger partial charge in [0.05, 0.1) is 12.0 Å². The lowest BCUT2D eigenvalue weighted by atomic mass is 9.47. The Balaban J connectivity index is 1.58. The molecule has 5 rings (SSSR count). The third-order valence-corrected chi connectivity index (χ3v) is 7.77. The van der Waals surface area contributed by atoms with Gasteiger partial charge in [-0.3, -0.25) is 9.35 Å². The van der Waals surface area contributed by atoms with Crippen LogP contribution in [0.25, 0.3) is 0 Å². The first-order chi connectivity index (χ1) is 14.0. The zero-order valence-electron chi connectivity index (χ0n) is 16.0. The van der Waals surface area contributed by atoms with Crippen LogP contribution in [0.5, 0.6) is 0 Å². The molecule has 2 unspecified atom stereocenters. The first kappa shape index (κ1) is 23.1. The summed E-state index contributed by atoms with van der Waals surface area (Å²) in [6.07, 6.45) is -10.8. The molecule has 1 saturated heterocycles. The van der Waals surface area contributed by atoms with Crippen molar-refractivity contribution < 1.29 is 58.3 Å². The van der Waals surface area contributed by atoms with Gasteiger partial charge in [-0.25, -0.2) is 0 Å². The molecule has 31 heavy (non-hydrogen) atoms. The maximum absolute atomic E-state index is 13.5. The molecule has 5 fully saturated rings. The highest BCUT2D eigenvalue weighted by Gasteiger charge is 2.81. The average molecular weight is 482 g/mol. The lowest BCUT2D eigenvalue weighted by molar-refractivity contribution is -0.403. The van der Waals surface area contributed by atoms with E-state index < -0.39 is 76.0 Å². The van der Waals surface area contributed by atoms with Crippen molar-refractivity contribution in [1.82, 2.24) is 0 Å². The minimum atomic E-state index is -5.74. The summed E-state index contributed by atoms with van der Waals surface area (Å²) in [5.41, 5.74) is -5.59. The molecule has 14 heteroatoms. The highest BCUT2D eigenvalue weighted by atomic mass is 32.2. The maximum atomic E-state index is 13.5. The Morgan fingerprint density at radius 1 is 1.03 bits per heavy atom. The molecule has 0 radical (unpaired) electrons. The van der Waals surface area contributed by atoms with Crippen molar-refractivity contribution in [2.45, 2.75) is 55.8 Å². The van der Waals surface area contributed by atoms with Crippen LogP contribution >= 0.6 is 0 Å². The quantitative estimate of drug-likeness (QED) is 0.374. The zero-order chi connectivity index (χ0) is 23.1. The van der Waals surface area contributed by atoms with Crippen LogP contribution < -0.4 is 0 Å². The molecule has 7 nitrogen and oxygen atoms in total. The molecule has 4 aliphatic carbocycles. The van der Waals surface area contributed by atoms with E-state index >= 15 is 0 Å². The second-order valence-corrected chi connectivity index (χ2v) is 10.6. The van der Waals surface area contributed by atoms with Crippen LogP contribution in [0.2, 0.25) is 0 Å². The summed E-state index contributed by atoms with van der Waals surface area (Å²) >= 11 is 0. The molecular weight excluding hydrogens is 462 g/mol. The molecule has 1 spiro atoms. The van der Waals surface area contributed by atoms with Crippen molar-refractivity contribution in [3.05, 3.63) is 0 Å². The summed E-state index contributed by atoms with van der Waals surface area (Å²) in [6.45, 7) is -2.31. The highest BCUT2D eigenvalue weighted by molar-refractivity contribution is 7.85. The van der Waals surface area contributed by atoms with E-state index in [1.54, 1.807) is 0 Å². The van der Waals surface area contributed by atoms with E-state index in [0.717, 1.165) is 0 Å². The van der Waals surface area contributed by atoms with Gasteiger partial charge in [-0.2, -0.15) is 34.8 Å². The Kier molecular flexibility index (Phi) is 4.98. The van der Waals surface area contributed by atoms with Gasteiger partial charge < -0.3 is 14.2 Å². The van der Waals surface area contributed by atoms with Crippen molar-refractivity contribution in [2.24, 2.45) is 23.2 Å². The lowest BCUT2D eigenvalue weighted by Gasteiger charge is -2.61. The Labute approximate surface area is 173 Å². The first-order valence-electron chi connectivity index (χ1n) is 9.64. The zero-order valence-corrected chi connectivity index (χ0v) is 16.8. The van der Waals surface area contributed by atoms with Crippen molar-refractivity contribution in [2.75, 3.05) is 19.0 Å². The van der Waals surface area contributed by atoms with E-state index in [9.17, 15) is 39.6 Å². The van der Waals surface area contributed by atoms with E-state index in [4.69, 9.17) is 18.8 Å². The molecule has 2 atom stereocenters. The third-order valence-electron chi connectivity index (χ3n) is 7.09. The SMILES string of the molecule is O=C(OCCS(=O)(=O)O)C12CC3CC(C1)C1(OCC(C(F)(F)F)(C(F)(F)F)O1)C(C3)C2. The minimum absolute atomic E-state index is 0.0868. The molecule has 1 heterocycles. The van der Waals surface area contributed by atoms with Gasteiger partial charge in [0.15, 0.2) is 5.79 Å². The van der Waals surface area contributed by atoms with Crippen molar-refractivity contribution in [3.8, 4) is 0 Å². The normalized spacial score (nSPS) is 39.3. The van der Waals surface area contributed by atoms with Gasteiger partial charge in [0.1, 0.15) is 12.4 Å². The number of alkyl halides is 6. The molecule has 4 saturated carbocycles. The number of ether oxygens (including phenoxy) is 3. The van der Waals surface area contributed by atoms with Gasteiger partial charge in [0.2, 0.25) is 0 Å². The fraction of sp³-hybridized carbons (Fsp3) is 0.941. The van der Waals surface area contributed by atoms with Crippen LogP contribution in [-0.2, 0) is 29.1 Å². The van der Waals surface area contributed by atoms with E-state index in [0.29, 0.717) is 6.42 Å². The summed E-state index contributed by atoms with van der Waals surface area (Å²) in [6, 6.07) is 0. The van der Waals surface area contributed by atoms with E-state index in [-0.39, 0.29) is 31.6 Å². The maximum Gasteiger partial charge on any atom is 0.428 e. The van der Waals surface area contributed by atoms with Gasteiger partial charge in [0.25, 0.3) is 15.7 Å². The fourth-order valence-corrected chi connectivity index (χ4v) is 6.25. The first-order valence-corrected chi connectivity index (χ1v) is 11.2. The molecule has 4 bridgehead atoms. The minimum Gasteiger partial charge on any atom is -0.464 e. The smallest absolute Gasteiger partial charge is 0.428 e. The number of esters is 1. The number of carbonyl (C=O) groups excluding carboxylic acids is 1. The number of hydrogen-bond acceptors (Lipinski definition) is 6. The summed E-state index contributed by atoms with van der Waals surface area (Å²) in [5, 5.41) is 0. The average Bonchev–Trinajstić information content (AvgIpc) is 3.01. The van der Waals surface area contributed by atoms with Crippen LogP contribution in [-0.4, -0.2) is 61.6 Å². The van der Waals surface area contributed by atoms with Crippen molar-refractivity contribution in [1.29, 1.82) is 0 Å². The van der Waals surface area contributed by atoms with Gasteiger partial charge >= 0.3 is 18.3 Å². The van der Waals surface area contributed by atoms with Crippen molar-refractivity contribution in [3.63, 3.8) is 0 Å². The number of halogens is 6. The van der Waals surface area contributed by atoms with E-state index in [1.165, 1.54) is 0 Å². The van der Waals surface area contributed by atoms with Crippen molar-refractivity contribution >= 4 is 16.1 Å². The Morgan fingerprint density at radius 2 is 1.58 bits per heavy atom. The molecule has 1 aliphatic heterocycles. The van der Waals surface area contributed by atoms with Crippen LogP contribution in [0.15, 0.2) is 0 Å². The summed E-state index contributed by atoms with van der Waals surface area (Å²) in [5.74, 6) is -5.57. The summed E-state index contributed by atoms with van der Waals surface area (Å²) in [7, 11) is -4.37. The summed E-state index contributed by atoms with van der Waals surface area (Å²) in [4.78, 5) is 12.7. The second-order valence-electron chi connectivity index (χ2n) is 8.98. The Hall–Kier alpha value is -1.12. The van der Waals surface area contributed by atoms with Gasteiger partial charge in [-0.15, -0.1) is 0 Å². The molecule has 1 N–H and O–H groups in total. The monoisotopic (exact) mass is 482 g/mol. The molecule has 0 aromatic carbocycles. The largest absolute Gasteiger partial charge is 0.464 e. The highest BCUT2D eigenvalue weighted by Crippen LogP contribution is 2.68. The van der Waals surface area contributed by atoms with Crippen LogP contribution in [0.3, 0.4) is 0 Å². The molecule has 178 valence electrons. The van der Waals surface area contributed by atoms with Crippen LogP contribution in [0.4, 0.5) is 26.3 Å². The number of carbonyl (C=O) groups is 1. The standard InChI is InChI=1S/C17H20F6O7S/c18-16(19,20)14(17(21,22)23)8-29-15(30-14)10-3-9-4-11(15)7-13(5-9,6-10)12(24)28-1-2-31(25,26)27/h9-11H,1-8H2,(H,25,26,27). The second kappa shape index (κ2) is 6.70. The molecule has 0 amide bonds. The Bertz CT molecular complexity index is 837.